The molecule has 5 nitrogen and oxygen atoms in total. The molecule has 1 aromatic carbocycles. The van der Waals surface area contributed by atoms with E-state index in [1.165, 1.54) is 0 Å². The monoisotopic (exact) mass is 423 g/mol. The van der Waals surface area contributed by atoms with Gasteiger partial charge in [0, 0.05) is 27.1 Å². The summed E-state index contributed by atoms with van der Waals surface area (Å²) < 4.78 is 1.81. The molecule has 0 bridgehead atoms. The van der Waals surface area contributed by atoms with Crippen LogP contribution in [0, 0.1) is 0 Å². The van der Waals surface area contributed by atoms with Gasteiger partial charge in [-0.15, -0.1) is 0 Å². The Hall–Kier alpha value is -1.73. The maximum atomic E-state index is 12.2. The number of nitrogens with zero attached hydrogens (tertiary/aromatic N) is 2. The third-order valence-corrected chi connectivity index (χ3v) is 4.06. The van der Waals surface area contributed by atoms with E-state index in [-0.39, 0.29) is 5.91 Å². The molecular formula is C15H11Br2N3O2. The van der Waals surface area contributed by atoms with Crippen molar-refractivity contribution in [3.8, 4) is 0 Å². The van der Waals surface area contributed by atoms with Crippen molar-refractivity contribution in [1.82, 2.24) is 4.98 Å². The minimum atomic E-state index is -0.639. The molecule has 0 spiro atoms. The molecule has 22 heavy (non-hydrogen) atoms. The Balaban J connectivity index is 1.64. The number of nitrogens with one attached hydrogen (secondary N) is 1. The zero-order chi connectivity index (χ0) is 15.5. The number of carbonyl (C=O) groups is 1. The van der Waals surface area contributed by atoms with Gasteiger partial charge in [0.2, 0.25) is 6.10 Å². The zero-order valence-electron chi connectivity index (χ0n) is 11.3. The minimum absolute atomic E-state index is 0.261. The van der Waals surface area contributed by atoms with Crippen LogP contribution in [0.1, 0.15) is 12.0 Å². The molecule has 0 unspecified atom stereocenters. The van der Waals surface area contributed by atoms with Gasteiger partial charge in [0.25, 0.3) is 5.91 Å². The highest BCUT2D eigenvalue weighted by Crippen LogP contribution is 2.20. The van der Waals surface area contributed by atoms with Crippen LogP contribution in [0.4, 0.5) is 5.82 Å². The van der Waals surface area contributed by atoms with Crippen molar-refractivity contribution in [3.05, 3.63) is 57.1 Å². The summed E-state index contributed by atoms with van der Waals surface area (Å²) in [7, 11) is 0. The molecule has 1 atom stereocenters. The summed E-state index contributed by atoms with van der Waals surface area (Å²) in [4.78, 5) is 21.5. The molecule has 0 fully saturated rings. The Bertz CT molecular complexity index is 732. The quantitative estimate of drug-likeness (QED) is 0.816. The number of benzene rings is 1. The van der Waals surface area contributed by atoms with E-state index >= 15 is 0 Å². The predicted molar refractivity (Wildman–Crippen MR) is 90.7 cm³/mol. The number of hydrogen-bond acceptors (Lipinski definition) is 4. The van der Waals surface area contributed by atoms with E-state index in [2.05, 4.69) is 47.3 Å². The van der Waals surface area contributed by atoms with Crippen LogP contribution in [0.3, 0.4) is 0 Å². The van der Waals surface area contributed by atoms with Gasteiger partial charge >= 0.3 is 0 Å². The van der Waals surface area contributed by atoms with Crippen molar-refractivity contribution in [3.63, 3.8) is 0 Å². The highest BCUT2D eigenvalue weighted by molar-refractivity contribution is 9.10. The van der Waals surface area contributed by atoms with Gasteiger partial charge in [-0.3, -0.25) is 4.79 Å². The second kappa shape index (κ2) is 6.58. The lowest BCUT2D eigenvalue weighted by Crippen LogP contribution is -2.28. The van der Waals surface area contributed by atoms with Gasteiger partial charge in [-0.2, -0.15) is 0 Å². The summed E-state index contributed by atoms with van der Waals surface area (Å²) in [5.74, 6) is 0.219. The van der Waals surface area contributed by atoms with Crippen LogP contribution in [-0.2, 0) is 9.63 Å². The number of amides is 1. The Morgan fingerprint density at radius 1 is 1.23 bits per heavy atom. The molecule has 1 aliphatic heterocycles. The van der Waals surface area contributed by atoms with Crippen LogP contribution in [0.15, 0.2) is 56.7 Å². The molecule has 0 radical (unpaired) electrons. The standard InChI is InChI=1S/C15H11Br2N3O2/c16-10-3-1-2-9(6-10)12-7-13(22-20-12)15(21)19-14-5-4-11(17)8-18-14/h1-6,8,13H,7H2,(H,18,19,21)/t13-/m1/s1. The summed E-state index contributed by atoms with van der Waals surface area (Å²) in [5, 5.41) is 6.73. The number of carbonyl (C=O) groups excluding carboxylic acids is 1. The van der Waals surface area contributed by atoms with E-state index in [0.717, 1.165) is 20.2 Å². The Morgan fingerprint density at radius 3 is 2.82 bits per heavy atom. The van der Waals surface area contributed by atoms with Crippen LogP contribution < -0.4 is 5.32 Å². The predicted octanol–water partition coefficient (Wildman–Crippen LogP) is 3.74. The minimum Gasteiger partial charge on any atom is -0.382 e. The highest BCUT2D eigenvalue weighted by atomic mass is 79.9. The number of aromatic nitrogens is 1. The van der Waals surface area contributed by atoms with Crippen molar-refractivity contribution in [2.75, 3.05) is 5.32 Å². The molecule has 3 rings (SSSR count). The average molecular weight is 425 g/mol. The highest BCUT2D eigenvalue weighted by Gasteiger charge is 2.29. The molecule has 2 heterocycles. The largest absolute Gasteiger partial charge is 0.382 e. The molecule has 0 saturated carbocycles. The van der Waals surface area contributed by atoms with Gasteiger partial charge in [0.15, 0.2) is 0 Å². The molecule has 1 amide bonds. The summed E-state index contributed by atoms with van der Waals surface area (Å²) in [6.45, 7) is 0. The van der Waals surface area contributed by atoms with E-state index in [9.17, 15) is 4.79 Å². The molecule has 0 aliphatic carbocycles. The molecule has 1 aliphatic rings. The summed E-state index contributed by atoms with van der Waals surface area (Å²) in [5.41, 5.74) is 1.69. The lowest BCUT2D eigenvalue weighted by atomic mass is 10.0. The maximum absolute atomic E-state index is 12.2. The van der Waals surface area contributed by atoms with Gasteiger partial charge in [0.05, 0.1) is 5.71 Å². The molecule has 7 heteroatoms. The Kier molecular flexibility index (Phi) is 4.54. The van der Waals surface area contributed by atoms with Crippen molar-refractivity contribution >= 4 is 49.3 Å². The Labute approximate surface area is 144 Å². The van der Waals surface area contributed by atoms with Crippen LogP contribution in [0.2, 0.25) is 0 Å². The first-order valence-corrected chi connectivity index (χ1v) is 8.11. The van der Waals surface area contributed by atoms with E-state index in [1.807, 2.05) is 30.3 Å². The van der Waals surface area contributed by atoms with Crippen molar-refractivity contribution in [2.24, 2.45) is 5.16 Å². The van der Waals surface area contributed by atoms with Crippen molar-refractivity contribution in [2.45, 2.75) is 12.5 Å². The second-order valence-corrected chi connectivity index (χ2v) is 6.53. The van der Waals surface area contributed by atoms with E-state index in [1.54, 1.807) is 12.3 Å². The first-order valence-electron chi connectivity index (χ1n) is 6.53. The van der Waals surface area contributed by atoms with Crippen LogP contribution in [0.5, 0.6) is 0 Å². The first-order chi connectivity index (χ1) is 10.6. The van der Waals surface area contributed by atoms with Gasteiger partial charge in [-0.25, -0.2) is 4.98 Å². The number of anilines is 1. The smallest absolute Gasteiger partial charge is 0.269 e. The molecule has 1 aromatic heterocycles. The second-order valence-electron chi connectivity index (χ2n) is 4.70. The number of halogens is 2. The van der Waals surface area contributed by atoms with Gasteiger partial charge < -0.3 is 10.2 Å². The normalized spacial score (nSPS) is 16.8. The maximum Gasteiger partial charge on any atom is 0.269 e. The third-order valence-electron chi connectivity index (χ3n) is 3.10. The lowest BCUT2D eigenvalue weighted by Gasteiger charge is -2.08. The van der Waals surface area contributed by atoms with Crippen molar-refractivity contribution < 1.29 is 9.63 Å². The molecule has 0 saturated heterocycles. The summed E-state index contributed by atoms with van der Waals surface area (Å²) in [6.07, 6.45) is 1.41. The van der Waals surface area contributed by atoms with Crippen LogP contribution >= 0.6 is 31.9 Å². The van der Waals surface area contributed by atoms with Gasteiger partial charge in [0.1, 0.15) is 5.82 Å². The molecule has 1 N–H and O–H groups in total. The average Bonchev–Trinajstić information content (AvgIpc) is 3.00. The molecule has 2 aromatic rings. The molecular weight excluding hydrogens is 414 g/mol. The number of rotatable bonds is 3. The number of oxime groups is 1. The lowest BCUT2D eigenvalue weighted by molar-refractivity contribution is -0.125. The van der Waals surface area contributed by atoms with Crippen LogP contribution in [-0.4, -0.2) is 22.7 Å². The Morgan fingerprint density at radius 2 is 2.09 bits per heavy atom. The van der Waals surface area contributed by atoms with Gasteiger partial charge in [-0.1, -0.05) is 33.2 Å². The fourth-order valence-corrected chi connectivity index (χ4v) is 2.65. The zero-order valence-corrected chi connectivity index (χ0v) is 14.5. The van der Waals surface area contributed by atoms with E-state index in [0.29, 0.717) is 12.2 Å². The fourth-order valence-electron chi connectivity index (χ4n) is 2.01. The van der Waals surface area contributed by atoms with Gasteiger partial charge in [-0.05, 0) is 40.2 Å². The van der Waals surface area contributed by atoms with E-state index in [4.69, 9.17) is 4.84 Å². The number of hydrogen-bond donors (Lipinski definition) is 1. The van der Waals surface area contributed by atoms with E-state index < -0.39 is 6.10 Å². The first kappa shape index (κ1) is 15.2. The molecule has 112 valence electrons. The topological polar surface area (TPSA) is 63.6 Å². The summed E-state index contributed by atoms with van der Waals surface area (Å²) in [6, 6.07) is 11.3. The number of pyridine rings is 1. The van der Waals surface area contributed by atoms with Crippen molar-refractivity contribution in [1.29, 1.82) is 0 Å². The summed E-state index contributed by atoms with van der Waals surface area (Å²) >= 11 is 6.71. The van der Waals surface area contributed by atoms with Crippen LogP contribution in [0.25, 0.3) is 0 Å². The third kappa shape index (κ3) is 3.53. The fraction of sp³-hybridized carbons (Fsp3) is 0.133. The SMILES string of the molecule is O=C(Nc1ccc(Br)cn1)[C@H]1CC(c2cccc(Br)c2)=NO1.